The van der Waals surface area contributed by atoms with Crippen molar-refractivity contribution in [2.45, 2.75) is 18.9 Å². The van der Waals surface area contributed by atoms with Gasteiger partial charge in [0.15, 0.2) is 0 Å². The van der Waals surface area contributed by atoms with Crippen molar-refractivity contribution in [2.24, 2.45) is 17.8 Å². The lowest BCUT2D eigenvalue weighted by Crippen LogP contribution is -2.25. The Labute approximate surface area is 199 Å². The number of allylic oxidation sites excluding steroid dienone is 8. The van der Waals surface area contributed by atoms with Crippen molar-refractivity contribution >= 4 is 17.0 Å². The maximum Gasteiger partial charge on any atom is 0.149 e. The largest absolute Gasteiger partial charge is 0.487 e. The molecule has 0 fully saturated rings. The van der Waals surface area contributed by atoms with Crippen molar-refractivity contribution in [3.8, 4) is 5.69 Å². The van der Waals surface area contributed by atoms with Gasteiger partial charge in [0.05, 0.1) is 11.2 Å². The van der Waals surface area contributed by atoms with Gasteiger partial charge in [0.25, 0.3) is 0 Å². The Morgan fingerprint density at radius 1 is 0.794 bits per heavy atom. The number of fused-ring (bicyclic) bond motifs is 10. The van der Waals surface area contributed by atoms with E-state index < -0.39 is 0 Å². The van der Waals surface area contributed by atoms with Crippen LogP contribution in [-0.4, -0.2) is 4.57 Å². The summed E-state index contributed by atoms with van der Waals surface area (Å²) in [4.78, 5) is 0. The van der Waals surface area contributed by atoms with E-state index in [9.17, 15) is 0 Å². The third kappa shape index (κ3) is 2.36. The van der Waals surface area contributed by atoms with Crippen LogP contribution in [0.4, 0.5) is 0 Å². The first-order chi connectivity index (χ1) is 16.9. The molecule has 0 radical (unpaired) electrons. The quantitative estimate of drug-likeness (QED) is 0.380. The first kappa shape index (κ1) is 18.6. The van der Waals surface area contributed by atoms with E-state index in [0.29, 0.717) is 11.8 Å². The lowest BCUT2D eigenvalue weighted by Gasteiger charge is -2.35. The van der Waals surface area contributed by atoms with E-state index in [1.165, 1.54) is 44.8 Å². The van der Waals surface area contributed by atoms with Gasteiger partial charge in [0.2, 0.25) is 0 Å². The van der Waals surface area contributed by atoms with Crippen molar-refractivity contribution in [3.63, 3.8) is 0 Å². The molecule has 34 heavy (non-hydrogen) atoms. The van der Waals surface area contributed by atoms with Crippen molar-refractivity contribution in [1.29, 1.82) is 0 Å². The zero-order valence-electron chi connectivity index (χ0n) is 18.9. The van der Waals surface area contributed by atoms with Crippen molar-refractivity contribution in [3.05, 3.63) is 131 Å². The SMILES string of the molecule is C1=CC2C3=C(C=CCC3)C3=C(OC4c5c(c6ccccc6n5-c5ccccc5)C=CC34)C2C=C1. The predicted octanol–water partition coefficient (Wildman–Crippen LogP) is 7.62. The molecule has 2 aromatic carbocycles. The zero-order valence-corrected chi connectivity index (χ0v) is 18.9. The average Bonchev–Trinajstić information content (AvgIpc) is 3.46. The molecule has 3 aromatic rings. The van der Waals surface area contributed by atoms with Crippen LogP contribution in [0.3, 0.4) is 0 Å². The maximum absolute atomic E-state index is 7.06. The molecule has 1 aliphatic heterocycles. The second kappa shape index (κ2) is 6.87. The minimum atomic E-state index is -0.0141. The van der Waals surface area contributed by atoms with E-state index in [-0.39, 0.29) is 12.0 Å². The first-order valence-corrected chi connectivity index (χ1v) is 12.4. The molecule has 4 unspecified atom stereocenters. The van der Waals surface area contributed by atoms with E-state index in [1.54, 1.807) is 5.57 Å². The summed E-state index contributed by atoms with van der Waals surface area (Å²) in [6.07, 6.45) is 20.9. The van der Waals surface area contributed by atoms with Crippen LogP contribution in [0.2, 0.25) is 0 Å². The van der Waals surface area contributed by atoms with Crippen LogP contribution in [0.5, 0.6) is 0 Å². The molecule has 2 nitrogen and oxygen atoms in total. The summed E-state index contributed by atoms with van der Waals surface area (Å²) in [5.41, 5.74) is 9.47. The molecule has 0 N–H and O–H groups in total. The summed E-state index contributed by atoms with van der Waals surface area (Å²) >= 11 is 0. The summed E-state index contributed by atoms with van der Waals surface area (Å²) < 4.78 is 9.50. The molecule has 0 spiro atoms. The van der Waals surface area contributed by atoms with Crippen LogP contribution >= 0.6 is 0 Å². The summed E-state index contributed by atoms with van der Waals surface area (Å²) in [5.74, 6) is 2.16. The third-order valence-electron chi connectivity index (χ3n) is 8.23. The highest BCUT2D eigenvalue weighted by atomic mass is 16.5. The molecule has 4 atom stereocenters. The number of hydrogen-bond donors (Lipinski definition) is 0. The Morgan fingerprint density at radius 3 is 2.53 bits per heavy atom. The minimum absolute atomic E-state index is 0.0141. The topological polar surface area (TPSA) is 14.2 Å². The first-order valence-electron chi connectivity index (χ1n) is 12.4. The van der Waals surface area contributed by atoms with Crippen LogP contribution in [-0.2, 0) is 4.74 Å². The zero-order chi connectivity index (χ0) is 22.2. The highest BCUT2D eigenvalue weighted by Gasteiger charge is 2.48. The number of para-hydroxylation sites is 2. The van der Waals surface area contributed by atoms with E-state index in [1.807, 2.05) is 0 Å². The van der Waals surface area contributed by atoms with E-state index in [2.05, 4.69) is 108 Å². The molecule has 8 rings (SSSR count). The van der Waals surface area contributed by atoms with E-state index in [4.69, 9.17) is 4.74 Å². The van der Waals surface area contributed by atoms with Crippen LogP contribution in [0.1, 0.15) is 30.2 Å². The summed E-state index contributed by atoms with van der Waals surface area (Å²) in [7, 11) is 0. The van der Waals surface area contributed by atoms with Gasteiger partial charge in [-0.15, -0.1) is 0 Å². The number of rotatable bonds is 1. The molecule has 0 amide bonds. The number of hydrogen-bond acceptors (Lipinski definition) is 1. The predicted molar refractivity (Wildman–Crippen MR) is 137 cm³/mol. The lowest BCUT2D eigenvalue weighted by atomic mass is 9.68. The Balaban J connectivity index is 1.36. The fourth-order valence-corrected chi connectivity index (χ4v) is 6.86. The van der Waals surface area contributed by atoms with Gasteiger partial charge < -0.3 is 9.30 Å². The van der Waals surface area contributed by atoms with Gasteiger partial charge in [-0.2, -0.15) is 0 Å². The number of aromatic nitrogens is 1. The van der Waals surface area contributed by atoms with E-state index in [0.717, 1.165) is 12.8 Å². The Morgan fingerprint density at radius 2 is 1.62 bits per heavy atom. The van der Waals surface area contributed by atoms with Gasteiger partial charge in [-0.05, 0) is 36.6 Å². The van der Waals surface area contributed by atoms with Crippen LogP contribution in [0.15, 0.2) is 120 Å². The standard InChI is InChI=1S/C32H25NO/c1-2-10-20(11-3-1)33-28-17-9-8-14-23(28)25-18-19-27-29-24-15-6-4-12-21(24)22-13-5-7-16-26(22)31(29)34-32(27)30(25)33/h1-3,5-11,13-19,22,26-27,32H,4,12H2. The molecule has 5 aliphatic rings. The van der Waals surface area contributed by atoms with Gasteiger partial charge in [-0.3, -0.25) is 0 Å². The third-order valence-corrected chi connectivity index (χ3v) is 8.23. The number of benzene rings is 2. The Hall–Kier alpha value is -3.78. The second-order valence-corrected chi connectivity index (χ2v) is 9.89. The highest BCUT2D eigenvalue weighted by Crippen LogP contribution is 2.58. The molecular formula is C32H25NO. The Bertz CT molecular complexity index is 1540. The molecule has 2 heterocycles. The van der Waals surface area contributed by atoms with Gasteiger partial charge in [0.1, 0.15) is 11.9 Å². The van der Waals surface area contributed by atoms with Crippen molar-refractivity contribution in [1.82, 2.24) is 4.57 Å². The molecule has 164 valence electrons. The van der Waals surface area contributed by atoms with Crippen LogP contribution in [0, 0.1) is 17.8 Å². The van der Waals surface area contributed by atoms with Gasteiger partial charge >= 0.3 is 0 Å². The van der Waals surface area contributed by atoms with Crippen LogP contribution in [0.25, 0.3) is 22.7 Å². The van der Waals surface area contributed by atoms with Gasteiger partial charge in [-0.1, -0.05) is 90.6 Å². The van der Waals surface area contributed by atoms with Gasteiger partial charge in [0, 0.05) is 40.0 Å². The van der Waals surface area contributed by atoms with Crippen molar-refractivity contribution in [2.75, 3.05) is 0 Å². The molecule has 1 aromatic heterocycles. The lowest BCUT2D eigenvalue weighted by molar-refractivity contribution is 0.101. The summed E-state index contributed by atoms with van der Waals surface area (Å²) in [5, 5.41) is 1.29. The molecule has 4 aliphatic carbocycles. The molecule has 0 saturated heterocycles. The molecule has 0 bridgehead atoms. The van der Waals surface area contributed by atoms with Crippen molar-refractivity contribution < 1.29 is 4.74 Å². The minimum Gasteiger partial charge on any atom is -0.487 e. The van der Waals surface area contributed by atoms with E-state index >= 15 is 0 Å². The summed E-state index contributed by atoms with van der Waals surface area (Å²) in [6.45, 7) is 0. The molecule has 0 saturated carbocycles. The fourth-order valence-electron chi connectivity index (χ4n) is 6.86. The van der Waals surface area contributed by atoms with Crippen LogP contribution < -0.4 is 0 Å². The number of nitrogens with zero attached hydrogens (tertiary/aromatic N) is 1. The van der Waals surface area contributed by atoms with Gasteiger partial charge in [-0.25, -0.2) is 0 Å². The molecular weight excluding hydrogens is 414 g/mol. The molecule has 2 heteroatoms. The summed E-state index contributed by atoms with van der Waals surface area (Å²) in [6, 6.07) is 19.5. The Kier molecular flexibility index (Phi) is 3.76. The maximum atomic E-state index is 7.06. The fraction of sp³-hybridized carbons (Fsp3) is 0.188. The number of ether oxygens (including phenoxy) is 1. The average molecular weight is 440 g/mol. The second-order valence-electron chi connectivity index (χ2n) is 9.89. The monoisotopic (exact) mass is 439 g/mol. The smallest absolute Gasteiger partial charge is 0.149 e. The highest BCUT2D eigenvalue weighted by molar-refractivity contribution is 5.94. The normalized spacial score (nSPS) is 27.9.